The molecule has 0 heterocycles. The van der Waals surface area contributed by atoms with Crippen LogP contribution in [-0.2, 0) is 20.2 Å². The van der Waals surface area contributed by atoms with Crippen molar-refractivity contribution in [1.29, 1.82) is 0 Å². The molecule has 0 saturated heterocycles. The number of aliphatic imine (C=N–C) groups is 2. The van der Waals surface area contributed by atoms with Crippen LogP contribution in [0.4, 0.5) is 0 Å². The Morgan fingerprint density at radius 3 is 1.47 bits per heavy atom. The van der Waals surface area contributed by atoms with Crippen LogP contribution in [0.15, 0.2) is 56.2 Å². The Balaban J connectivity index is 1.85. The van der Waals surface area contributed by atoms with Gasteiger partial charge in [0.25, 0.3) is 20.2 Å². The molecule has 1 aliphatic carbocycles. The summed E-state index contributed by atoms with van der Waals surface area (Å²) in [4.78, 5) is 7.93. The molecule has 2 N–H and O–H groups in total. The lowest BCUT2D eigenvalue weighted by Crippen LogP contribution is -2.27. The summed E-state index contributed by atoms with van der Waals surface area (Å²) in [5, 5.41) is 24.0. The molecule has 12 heteroatoms. The van der Waals surface area contributed by atoms with E-state index in [9.17, 15) is 27.0 Å². The van der Waals surface area contributed by atoms with Gasteiger partial charge in [0.15, 0.2) is 0 Å². The van der Waals surface area contributed by atoms with Crippen LogP contribution in [0.2, 0.25) is 0 Å². The first-order chi connectivity index (χ1) is 14.9. The van der Waals surface area contributed by atoms with Gasteiger partial charge in [0.1, 0.15) is 0 Å². The van der Waals surface area contributed by atoms with Gasteiger partial charge < -0.3 is 10.2 Å². The Morgan fingerprint density at radius 1 is 0.750 bits per heavy atom. The van der Waals surface area contributed by atoms with Crippen molar-refractivity contribution in [2.24, 2.45) is 9.98 Å². The number of nitrogens with zero attached hydrogens (tertiary/aromatic N) is 2. The molecule has 172 valence electrons. The lowest BCUT2D eigenvalue weighted by Gasteiger charge is -2.26. The molecular formula is C20H20N2O8S2-2. The van der Waals surface area contributed by atoms with Crippen LogP contribution >= 0.6 is 0 Å². The zero-order chi connectivity index (χ0) is 23.5. The maximum Gasteiger partial charge on any atom is 0.294 e. The van der Waals surface area contributed by atoms with Gasteiger partial charge in [-0.3, -0.25) is 19.1 Å². The predicted molar refractivity (Wildman–Crippen MR) is 113 cm³/mol. The van der Waals surface area contributed by atoms with Gasteiger partial charge in [0.2, 0.25) is 0 Å². The standard InChI is InChI=1S/C20H22N2O8S2/c23-19-7-5-15(31(25,26)27)9-13(19)11-21-17-3-1-2-4-18(17)22-12-14-10-16(32(28,29)30)6-8-20(14)24/h5-12,17-18,23-24H,1-4H2,(H,25,26,27)(H,28,29,30)/p-2/t17-,18-/m1/s1. The molecule has 1 fully saturated rings. The summed E-state index contributed by atoms with van der Waals surface area (Å²) in [6.45, 7) is 0. The van der Waals surface area contributed by atoms with E-state index in [1.807, 2.05) is 0 Å². The second kappa shape index (κ2) is 9.36. The highest BCUT2D eigenvalue weighted by molar-refractivity contribution is 7.86. The predicted octanol–water partition coefficient (Wildman–Crippen LogP) is 1.18. The molecule has 0 bridgehead atoms. The van der Waals surface area contributed by atoms with Crippen molar-refractivity contribution in [2.75, 3.05) is 0 Å². The molecule has 0 aliphatic heterocycles. The van der Waals surface area contributed by atoms with Gasteiger partial charge in [-0.15, -0.1) is 0 Å². The van der Waals surface area contributed by atoms with E-state index in [4.69, 9.17) is 9.11 Å². The molecule has 0 spiro atoms. The van der Waals surface area contributed by atoms with E-state index in [2.05, 4.69) is 9.98 Å². The largest absolute Gasteiger partial charge is 0.872 e. The van der Waals surface area contributed by atoms with Crippen molar-refractivity contribution in [3.05, 3.63) is 47.5 Å². The van der Waals surface area contributed by atoms with Gasteiger partial charge in [-0.1, -0.05) is 36.5 Å². The monoisotopic (exact) mass is 480 g/mol. The fourth-order valence-electron chi connectivity index (χ4n) is 3.37. The van der Waals surface area contributed by atoms with Crippen molar-refractivity contribution >= 4 is 32.7 Å². The molecule has 1 saturated carbocycles. The summed E-state index contributed by atoms with van der Waals surface area (Å²) in [5.41, 5.74) is -0.00717. The molecular weight excluding hydrogens is 460 g/mol. The minimum atomic E-state index is -4.47. The van der Waals surface area contributed by atoms with E-state index in [0.29, 0.717) is 12.8 Å². The minimum Gasteiger partial charge on any atom is -0.872 e. The average molecular weight is 481 g/mol. The molecule has 0 radical (unpaired) electrons. The molecule has 2 aromatic carbocycles. The van der Waals surface area contributed by atoms with E-state index in [1.165, 1.54) is 12.4 Å². The third-order valence-corrected chi connectivity index (χ3v) is 6.76. The van der Waals surface area contributed by atoms with E-state index in [0.717, 1.165) is 49.2 Å². The number of benzene rings is 2. The maximum absolute atomic E-state index is 12.0. The Bertz CT molecular complexity index is 1170. The fraction of sp³-hybridized carbons (Fsp3) is 0.300. The SMILES string of the molecule is O=S(=O)(O)c1ccc([O-])c(C=N[C@@H]2CCCC[C@H]2N=Cc2cc(S(=O)(=O)O)ccc2[O-])c1. The third kappa shape index (κ3) is 5.91. The van der Waals surface area contributed by atoms with Crippen molar-refractivity contribution in [2.45, 2.75) is 47.6 Å². The van der Waals surface area contributed by atoms with Gasteiger partial charge >= 0.3 is 0 Å². The summed E-state index contributed by atoms with van der Waals surface area (Å²) in [6, 6.07) is 5.42. The Kier molecular flexibility index (Phi) is 6.98. The number of hydrogen-bond acceptors (Lipinski definition) is 8. The molecule has 3 rings (SSSR count). The second-order valence-corrected chi connectivity index (χ2v) is 10.2. The molecule has 2 aromatic rings. The minimum absolute atomic E-state index is 0.00359. The molecule has 32 heavy (non-hydrogen) atoms. The van der Waals surface area contributed by atoms with Crippen LogP contribution in [0.5, 0.6) is 11.5 Å². The lowest BCUT2D eigenvalue weighted by molar-refractivity contribution is -0.269. The van der Waals surface area contributed by atoms with Crippen LogP contribution in [0.25, 0.3) is 0 Å². The van der Waals surface area contributed by atoms with Crippen LogP contribution in [0.1, 0.15) is 36.8 Å². The van der Waals surface area contributed by atoms with E-state index >= 15 is 0 Å². The smallest absolute Gasteiger partial charge is 0.294 e. The first kappa shape index (κ1) is 23.9. The first-order valence-electron chi connectivity index (χ1n) is 9.58. The third-order valence-electron chi connectivity index (χ3n) is 5.06. The maximum atomic E-state index is 12.0. The number of rotatable bonds is 6. The second-order valence-electron chi connectivity index (χ2n) is 7.32. The highest BCUT2D eigenvalue weighted by Gasteiger charge is 2.23. The zero-order valence-electron chi connectivity index (χ0n) is 16.7. The molecule has 2 atom stereocenters. The highest BCUT2D eigenvalue weighted by atomic mass is 32.2. The average Bonchev–Trinajstić information content (AvgIpc) is 2.71. The summed E-state index contributed by atoms with van der Waals surface area (Å²) in [6.07, 6.45) is 5.48. The fourth-order valence-corrected chi connectivity index (χ4v) is 4.40. The molecule has 0 aromatic heterocycles. The van der Waals surface area contributed by atoms with E-state index in [-0.39, 0.29) is 23.2 Å². The van der Waals surface area contributed by atoms with Gasteiger partial charge in [-0.2, -0.15) is 16.8 Å². The quantitative estimate of drug-likeness (QED) is 0.456. The molecule has 0 amide bonds. The van der Waals surface area contributed by atoms with Crippen molar-refractivity contribution < 1.29 is 36.2 Å². The zero-order valence-corrected chi connectivity index (χ0v) is 18.3. The normalized spacial score (nSPS) is 20.2. The Labute approximate surface area is 185 Å². The topological polar surface area (TPSA) is 180 Å². The van der Waals surface area contributed by atoms with Gasteiger partial charge in [0.05, 0.1) is 21.9 Å². The van der Waals surface area contributed by atoms with Crippen LogP contribution < -0.4 is 10.2 Å². The molecule has 10 nitrogen and oxygen atoms in total. The van der Waals surface area contributed by atoms with Crippen molar-refractivity contribution in [3.8, 4) is 11.5 Å². The van der Waals surface area contributed by atoms with Crippen molar-refractivity contribution in [3.63, 3.8) is 0 Å². The van der Waals surface area contributed by atoms with Crippen molar-refractivity contribution in [1.82, 2.24) is 0 Å². The van der Waals surface area contributed by atoms with E-state index < -0.39 is 41.5 Å². The number of hydrogen-bond donors (Lipinski definition) is 2. The van der Waals surface area contributed by atoms with Crippen LogP contribution in [-0.4, -0.2) is 50.5 Å². The summed E-state index contributed by atoms with van der Waals surface area (Å²) < 4.78 is 63.5. The first-order valence-corrected chi connectivity index (χ1v) is 12.5. The van der Waals surface area contributed by atoms with Crippen LogP contribution in [0.3, 0.4) is 0 Å². The van der Waals surface area contributed by atoms with Gasteiger partial charge in [-0.25, -0.2) is 0 Å². The molecule has 1 aliphatic rings. The Morgan fingerprint density at radius 2 is 1.12 bits per heavy atom. The Hall–Kier alpha value is -2.80. The van der Waals surface area contributed by atoms with Gasteiger partial charge in [-0.05, 0) is 48.2 Å². The van der Waals surface area contributed by atoms with Crippen LogP contribution in [0, 0.1) is 0 Å². The highest BCUT2D eigenvalue weighted by Crippen LogP contribution is 2.26. The summed E-state index contributed by atoms with van der Waals surface area (Å²) in [5.74, 6) is -0.926. The van der Waals surface area contributed by atoms with Gasteiger partial charge in [0, 0.05) is 12.4 Å². The van der Waals surface area contributed by atoms with E-state index in [1.54, 1.807) is 0 Å². The summed E-state index contributed by atoms with van der Waals surface area (Å²) >= 11 is 0. The lowest BCUT2D eigenvalue weighted by atomic mass is 9.91. The summed E-state index contributed by atoms with van der Waals surface area (Å²) in [7, 11) is -8.94. The molecule has 0 unspecified atom stereocenters.